The molecule has 1 aromatic heterocycles. The van der Waals surface area contributed by atoms with Gasteiger partial charge in [-0.05, 0) is 49.6 Å². The van der Waals surface area contributed by atoms with Gasteiger partial charge in [0, 0.05) is 12.0 Å². The van der Waals surface area contributed by atoms with Crippen LogP contribution in [0.2, 0.25) is 0 Å². The lowest BCUT2D eigenvalue weighted by Gasteiger charge is -2.38. The maximum atomic E-state index is 12.5. The molecule has 0 saturated heterocycles. The van der Waals surface area contributed by atoms with Gasteiger partial charge >= 0.3 is 5.97 Å². The second kappa shape index (κ2) is 10.2. The van der Waals surface area contributed by atoms with Crippen molar-refractivity contribution in [3.8, 4) is 17.2 Å². The van der Waals surface area contributed by atoms with Crippen LogP contribution in [-0.4, -0.2) is 29.8 Å². The third-order valence-corrected chi connectivity index (χ3v) is 6.58. The number of ether oxygens (including phenoxy) is 2. The summed E-state index contributed by atoms with van der Waals surface area (Å²) < 4.78 is 16.8. The van der Waals surface area contributed by atoms with E-state index in [1.165, 1.54) is 7.11 Å². The molecule has 4 rings (SSSR count). The average Bonchev–Trinajstić information content (AvgIpc) is 3.24. The zero-order valence-corrected chi connectivity index (χ0v) is 19.3. The Morgan fingerprint density at radius 3 is 2.45 bits per heavy atom. The van der Waals surface area contributed by atoms with Crippen LogP contribution in [0, 0.1) is 12.3 Å². The smallest absolute Gasteiger partial charge is 0.314 e. The highest BCUT2D eigenvalue weighted by atomic mass is 16.5. The van der Waals surface area contributed by atoms with Gasteiger partial charge in [0.25, 0.3) is 0 Å². The molecular weight excluding hydrogens is 418 g/mol. The maximum absolute atomic E-state index is 12.5. The van der Waals surface area contributed by atoms with Gasteiger partial charge in [0.1, 0.15) is 11.5 Å². The second-order valence-corrected chi connectivity index (χ2v) is 8.67. The molecule has 0 radical (unpaired) electrons. The van der Waals surface area contributed by atoms with Gasteiger partial charge in [-0.25, -0.2) is 4.98 Å². The molecule has 1 N–H and O–H groups in total. The molecular formula is C27H31NO5. The summed E-state index contributed by atoms with van der Waals surface area (Å²) in [5.41, 5.74) is 1.66. The van der Waals surface area contributed by atoms with E-state index in [0.717, 1.165) is 36.3 Å². The topological polar surface area (TPSA) is 81.8 Å². The lowest BCUT2D eigenvalue weighted by atomic mass is 9.68. The number of hydrogen-bond acceptors (Lipinski definition) is 6. The molecule has 0 amide bonds. The standard InChI is InChI=1S/C27H31NO5/c1-19-23(28-25(33-19)21-9-5-3-6-10-21)15-18-32-22-13-11-20(12-14-22)24(29)27(26(30)31-2)16-7-4-8-17-27/h3,5-6,9-14,24,29H,4,7-8,15-18H2,1-2H3. The van der Waals surface area contributed by atoms with E-state index in [1.807, 2.05) is 61.5 Å². The molecule has 1 unspecified atom stereocenters. The van der Waals surface area contributed by atoms with Gasteiger partial charge in [-0.3, -0.25) is 4.79 Å². The molecule has 6 nitrogen and oxygen atoms in total. The van der Waals surface area contributed by atoms with Crippen molar-refractivity contribution >= 4 is 5.97 Å². The molecule has 3 aromatic rings. The number of aryl methyl sites for hydroxylation is 1. The molecule has 1 atom stereocenters. The number of nitrogens with zero attached hydrogens (tertiary/aromatic N) is 1. The predicted octanol–water partition coefficient (Wildman–Crippen LogP) is 5.43. The van der Waals surface area contributed by atoms with Crippen LogP contribution in [0.5, 0.6) is 5.75 Å². The Bertz CT molecular complexity index is 1050. The van der Waals surface area contributed by atoms with Crippen molar-refractivity contribution in [1.82, 2.24) is 4.98 Å². The van der Waals surface area contributed by atoms with E-state index in [1.54, 1.807) is 0 Å². The number of benzene rings is 2. The Labute approximate surface area is 194 Å². The number of carbonyl (C=O) groups excluding carboxylic acids is 1. The highest BCUT2D eigenvalue weighted by Gasteiger charge is 2.47. The molecule has 1 aliphatic carbocycles. The number of esters is 1. The number of hydrogen-bond donors (Lipinski definition) is 1. The van der Waals surface area contributed by atoms with Crippen LogP contribution in [0.15, 0.2) is 59.0 Å². The lowest BCUT2D eigenvalue weighted by molar-refractivity contribution is -0.164. The first-order chi connectivity index (χ1) is 16.0. The fourth-order valence-electron chi connectivity index (χ4n) is 4.67. The van der Waals surface area contributed by atoms with Crippen molar-refractivity contribution in [3.63, 3.8) is 0 Å². The van der Waals surface area contributed by atoms with E-state index in [9.17, 15) is 9.90 Å². The first-order valence-corrected chi connectivity index (χ1v) is 11.5. The van der Waals surface area contributed by atoms with Gasteiger partial charge in [-0.15, -0.1) is 0 Å². The van der Waals surface area contributed by atoms with E-state index in [0.29, 0.717) is 43.1 Å². The van der Waals surface area contributed by atoms with Crippen molar-refractivity contribution in [2.24, 2.45) is 5.41 Å². The first-order valence-electron chi connectivity index (χ1n) is 11.5. The van der Waals surface area contributed by atoms with Crippen LogP contribution in [0.25, 0.3) is 11.5 Å². The van der Waals surface area contributed by atoms with Crippen LogP contribution < -0.4 is 4.74 Å². The average molecular weight is 450 g/mol. The van der Waals surface area contributed by atoms with E-state index < -0.39 is 11.5 Å². The summed E-state index contributed by atoms with van der Waals surface area (Å²) in [6.07, 6.45) is 3.92. The molecule has 2 aromatic carbocycles. The Morgan fingerprint density at radius 1 is 1.09 bits per heavy atom. The number of methoxy groups -OCH3 is 1. The van der Waals surface area contributed by atoms with E-state index in [4.69, 9.17) is 13.9 Å². The third-order valence-electron chi connectivity index (χ3n) is 6.58. The van der Waals surface area contributed by atoms with Crippen molar-refractivity contribution in [2.45, 2.75) is 51.6 Å². The van der Waals surface area contributed by atoms with E-state index in [2.05, 4.69) is 4.98 Å². The van der Waals surface area contributed by atoms with Crippen molar-refractivity contribution < 1.29 is 23.8 Å². The van der Waals surface area contributed by atoms with Crippen LogP contribution in [-0.2, 0) is 16.0 Å². The highest BCUT2D eigenvalue weighted by Crippen LogP contribution is 2.47. The summed E-state index contributed by atoms with van der Waals surface area (Å²) in [6.45, 7) is 2.36. The Morgan fingerprint density at radius 2 is 1.79 bits per heavy atom. The largest absolute Gasteiger partial charge is 0.493 e. The number of oxazole rings is 1. The number of aliphatic hydroxyl groups excluding tert-OH is 1. The minimum absolute atomic E-state index is 0.326. The quantitative estimate of drug-likeness (QED) is 0.462. The summed E-state index contributed by atoms with van der Waals surface area (Å²) in [6, 6.07) is 17.1. The van der Waals surface area contributed by atoms with Crippen LogP contribution >= 0.6 is 0 Å². The highest BCUT2D eigenvalue weighted by molar-refractivity contribution is 5.78. The monoisotopic (exact) mass is 449 g/mol. The number of aromatic nitrogens is 1. The summed E-state index contributed by atoms with van der Waals surface area (Å²) in [5.74, 6) is 1.78. The fourth-order valence-corrected chi connectivity index (χ4v) is 4.67. The van der Waals surface area contributed by atoms with E-state index in [-0.39, 0.29) is 5.97 Å². The third kappa shape index (κ3) is 4.96. The number of aliphatic hydroxyl groups is 1. The van der Waals surface area contributed by atoms with Gasteiger partial charge in [-0.2, -0.15) is 0 Å². The summed E-state index contributed by atoms with van der Waals surface area (Å²) >= 11 is 0. The van der Waals surface area contributed by atoms with E-state index >= 15 is 0 Å². The zero-order chi connectivity index (χ0) is 23.3. The predicted molar refractivity (Wildman–Crippen MR) is 125 cm³/mol. The molecule has 174 valence electrons. The van der Waals surface area contributed by atoms with Crippen molar-refractivity contribution in [2.75, 3.05) is 13.7 Å². The molecule has 0 spiro atoms. The number of rotatable bonds is 8. The van der Waals surface area contributed by atoms with Crippen LogP contribution in [0.1, 0.15) is 55.2 Å². The van der Waals surface area contributed by atoms with Gasteiger partial charge in [0.15, 0.2) is 0 Å². The van der Waals surface area contributed by atoms with Crippen molar-refractivity contribution in [3.05, 3.63) is 71.6 Å². The molecule has 1 aliphatic rings. The lowest BCUT2D eigenvalue weighted by Crippen LogP contribution is -2.40. The number of carbonyl (C=O) groups is 1. The minimum Gasteiger partial charge on any atom is -0.493 e. The second-order valence-electron chi connectivity index (χ2n) is 8.67. The van der Waals surface area contributed by atoms with Crippen LogP contribution in [0.4, 0.5) is 0 Å². The molecule has 0 aliphatic heterocycles. The molecule has 1 fully saturated rings. The molecule has 1 heterocycles. The molecule has 6 heteroatoms. The van der Waals surface area contributed by atoms with Gasteiger partial charge in [-0.1, -0.05) is 49.6 Å². The first kappa shape index (κ1) is 23.1. The van der Waals surface area contributed by atoms with Crippen LogP contribution in [0.3, 0.4) is 0 Å². The van der Waals surface area contributed by atoms with Crippen molar-refractivity contribution in [1.29, 1.82) is 0 Å². The van der Waals surface area contributed by atoms with Gasteiger partial charge in [0.2, 0.25) is 5.89 Å². The summed E-state index contributed by atoms with van der Waals surface area (Å²) in [5, 5.41) is 11.1. The summed E-state index contributed by atoms with van der Waals surface area (Å²) in [7, 11) is 1.39. The normalized spacial score (nSPS) is 16.2. The zero-order valence-electron chi connectivity index (χ0n) is 19.3. The maximum Gasteiger partial charge on any atom is 0.314 e. The molecule has 1 saturated carbocycles. The Kier molecular flexibility index (Phi) is 7.14. The van der Waals surface area contributed by atoms with Gasteiger partial charge < -0.3 is 19.0 Å². The molecule has 0 bridgehead atoms. The SMILES string of the molecule is COC(=O)C1(C(O)c2ccc(OCCc3nc(-c4ccccc4)oc3C)cc2)CCCCC1. The van der Waals surface area contributed by atoms with Gasteiger partial charge in [0.05, 0.1) is 30.9 Å². The fraction of sp³-hybridized carbons (Fsp3) is 0.407. The minimum atomic E-state index is -0.895. The Hall–Kier alpha value is -3.12. The molecule has 33 heavy (non-hydrogen) atoms. The summed E-state index contributed by atoms with van der Waals surface area (Å²) in [4.78, 5) is 17.2. The Balaban J connectivity index is 1.37.